The van der Waals surface area contributed by atoms with Crippen molar-refractivity contribution in [2.75, 3.05) is 19.0 Å². The maximum absolute atomic E-state index is 12.2. The van der Waals surface area contributed by atoms with Gasteiger partial charge in [-0.15, -0.1) is 0 Å². The molecule has 1 aromatic heterocycles. The normalized spacial score (nSPS) is 11.3. The molecule has 0 aliphatic rings. The summed E-state index contributed by atoms with van der Waals surface area (Å²) >= 11 is 0. The van der Waals surface area contributed by atoms with E-state index in [2.05, 4.69) is 33.8 Å². The number of anilines is 1. The highest BCUT2D eigenvalue weighted by Crippen LogP contribution is 2.22. The number of methoxy groups -OCH3 is 1. The molecule has 140 valence electrons. The Labute approximate surface area is 153 Å². The highest BCUT2D eigenvalue weighted by molar-refractivity contribution is 5.93. The molecule has 1 rings (SSSR count). The number of esters is 1. The fourth-order valence-corrected chi connectivity index (χ4v) is 1.92. The molecule has 0 radical (unpaired) electrons. The molecule has 0 spiro atoms. The minimum absolute atomic E-state index is 0.225. The zero-order chi connectivity index (χ0) is 19.7. The van der Waals surface area contributed by atoms with Gasteiger partial charge in [-0.2, -0.15) is 0 Å². The summed E-state index contributed by atoms with van der Waals surface area (Å²) in [6.07, 6.45) is 4.55. The lowest BCUT2D eigenvalue weighted by atomic mass is 10.1. The van der Waals surface area contributed by atoms with E-state index in [1.54, 1.807) is 39.0 Å². The van der Waals surface area contributed by atoms with Crippen LogP contribution in [0.25, 0.3) is 5.57 Å². The third-order valence-electron chi connectivity index (χ3n) is 3.23. The molecule has 8 heteroatoms. The average Bonchev–Trinajstić information content (AvgIpc) is 2.58. The van der Waals surface area contributed by atoms with Gasteiger partial charge in [-0.3, -0.25) is 5.32 Å². The second-order valence-electron chi connectivity index (χ2n) is 5.66. The van der Waals surface area contributed by atoms with Crippen molar-refractivity contribution >= 4 is 23.4 Å². The zero-order valence-electron chi connectivity index (χ0n) is 15.5. The van der Waals surface area contributed by atoms with E-state index in [1.165, 1.54) is 13.4 Å². The Morgan fingerprint density at radius 2 is 2.04 bits per heavy atom. The van der Waals surface area contributed by atoms with Crippen molar-refractivity contribution in [2.24, 2.45) is 0 Å². The lowest BCUT2D eigenvalue weighted by molar-refractivity contribution is -0.149. The second kappa shape index (κ2) is 9.36. The number of hydrogen-bond acceptors (Lipinski definition) is 6. The molecule has 0 aromatic carbocycles. The number of carbonyl (C=O) groups is 2. The Morgan fingerprint density at radius 3 is 2.62 bits per heavy atom. The fourth-order valence-electron chi connectivity index (χ4n) is 1.92. The molecular formula is C18H24N4O4. The molecule has 0 bridgehead atoms. The number of nitrogens with one attached hydrogen (secondary N) is 2. The quantitative estimate of drug-likeness (QED) is 0.420. The van der Waals surface area contributed by atoms with Crippen molar-refractivity contribution < 1.29 is 19.1 Å². The first-order valence-electron chi connectivity index (χ1n) is 7.90. The van der Waals surface area contributed by atoms with E-state index in [0.29, 0.717) is 17.0 Å². The van der Waals surface area contributed by atoms with Crippen LogP contribution in [0.1, 0.15) is 26.5 Å². The number of aromatic nitrogens is 2. The van der Waals surface area contributed by atoms with Crippen LogP contribution in [0.2, 0.25) is 0 Å². The van der Waals surface area contributed by atoms with Crippen molar-refractivity contribution in [3.8, 4) is 0 Å². The summed E-state index contributed by atoms with van der Waals surface area (Å²) < 4.78 is 10.1. The predicted octanol–water partition coefficient (Wildman–Crippen LogP) is 2.67. The Bertz CT molecular complexity index is 726. The number of hydrogen-bond donors (Lipinski definition) is 2. The van der Waals surface area contributed by atoms with Gasteiger partial charge in [-0.25, -0.2) is 19.6 Å². The third-order valence-corrected chi connectivity index (χ3v) is 3.23. The zero-order valence-corrected chi connectivity index (χ0v) is 15.5. The van der Waals surface area contributed by atoms with Gasteiger partial charge < -0.3 is 14.8 Å². The highest BCUT2D eigenvalue weighted by atomic mass is 16.5. The van der Waals surface area contributed by atoms with Crippen molar-refractivity contribution in [3.05, 3.63) is 49.2 Å². The largest absolute Gasteiger partial charge is 0.497 e. The van der Waals surface area contributed by atoms with Crippen LogP contribution >= 0.6 is 0 Å². The number of ether oxygens (including phenoxy) is 2. The molecule has 26 heavy (non-hydrogen) atoms. The molecule has 0 saturated heterocycles. The molecule has 0 saturated carbocycles. The molecule has 8 nitrogen and oxygen atoms in total. The van der Waals surface area contributed by atoms with Crippen LogP contribution in [0.3, 0.4) is 0 Å². The van der Waals surface area contributed by atoms with E-state index in [0.717, 1.165) is 0 Å². The van der Waals surface area contributed by atoms with Crippen LogP contribution in [-0.4, -0.2) is 41.2 Å². The lowest BCUT2D eigenvalue weighted by Gasteiger charge is -2.23. The first-order valence-corrected chi connectivity index (χ1v) is 7.90. The van der Waals surface area contributed by atoms with E-state index in [1.807, 2.05) is 0 Å². The molecule has 0 atom stereocenters. The molecule has 0 unspecified atom stereocenters. The number of rotatable bonds is 8. The molecule has 1 heterocycles. The average molecular weight is 360 g/mol. The lowest BCUT2D eigenvalue weighted by Crippen LogP contribution is -2.52. The number of carbonyl (C=O) groups excluding carboxylic acids is 2. The smallest absolute Gasteiger partial charge is 0.331 e. The van der Waals surface area contributed by atoms with Crippen LogP contribution in [-0.2, 0) is 14.3 Å². The number of allylic oxidation sites excluding steroid dienone is 3. The SMILES string of the molecule is C=C/C=C(\C(=C)OC)c1cc(NC(=O)NC(C)(C)C(=O)OCC)ncn1. The molecule has 0 aliphatic carbocycles. The predicted molar refractivity (Wildman–Crippen MR) is 99.2 cm³/mol. The van der Waals surface area contributed by atoms with E-state index in [9.17, 15) is 9.59 Å². The summed E-state index contributed by atoms with van der Waals surface area (Å²) in [7, 11) is 1.49. The van der Waals surface area contributed by atoms with Crippen LogP contribution in [0.5, 0.6) is 0 Å². The Morgan fingerprint density at radius 1 is 1.35 bits per heavy atom. The third kappa shape index (κ3) is 5.73. The van der Waals surface area contributed by atoms with Gasteiger partial charge >= 0.3 is 12.0 Å². The molecule has 1 aromatic rings. The number of amides is 2. The van der Waals surface area contributed by atoms with Gasteiger partial charge in [0.2, 0.25) is 0 Å². The fraction of sp³-hybridized carbons (Fsp3) is 0.333. The molecule has 2 amide bonds. The van der Waals surface area contributed by atoms with Crippen LogP contribution < -0.4 is 10.6 Å². The molecule has 0 fully saturated rings. The van der Waals surface area contributed by atoms with Gasteiger partial charge in [-0.1, -0.05) is 19.2 Å². The van der Waals surface area contributed by atoms with E-state index in [-0.39, 0.29) is 12.4 Å². The first kappa shape index (κ1) is 20.9. The van der Waals surface area contributed by atoms with Crippen LogP contribution in [0, 0.1) is 0 Å². The summed E-state index contributed by atoms with van der Waals surface area (Å²) in [4.78, 5) is 32.2. The van der Waals surface area contributed by atoms with E-state index < -0.39 is 17.5 Å². The van der Waals surface area contributed by atoms with Crippen molar-refractivity contribution in [3.63, 3.8) is 0 Å². The Balaban J connectivity index is 2.93. The molecule has 0 aliphatic heterocycles. The van der Waals surface area contributed by atoms with Gasteiger partial charge in [0.1, 0.15) is 23.4 Å². The second-order valence-corrected chi connectivity index (χ2v) is 5.66. The standard InChI is InChI=1S/C18H24N4O4/c1-7-9-13(12(3)25-6)14-10-15(20-11-19-14)21-17(24)22-18(4,5)16(23)26-8-2/h7,9-11H,1,3,8H2,2,4-6H3,(H2,19,20,21,22,24)/b13-9+. The van der Waals surface area contributed by atoms with Crippen molar-refractivity contribution in [1.29, 1.82) is 0 Å². The minimum Gasteiger partial charge on any atom is -0.497 e. The van der Waals surface area contributed by atoms with E-state index in [4.69, 9.17) is 9.47 Å². The summed E-state index contributed by atoms with van der Waals surface area (Å²) in [5.41, 5.74) is -0.0966. The maximum Gasteiger partial charge on any atom is 0.331 e. The monoisotopic (exact) mass is 360 g/mol. The Hall–Kier alpha value is -3.16. The maximum atomic E-state index is 12.2. The minimum atomic E-state index is -1.19. The van der Waals surface area contributed by atoms with Crippen LogP contribution in [0.15, 0.2) is 43.5 Å². The van der Waals surface area contributed by atoms with Crippen LogP contribution in [0.4, 0.5) is 10.6 Å². The summed E-state index contributed by atoms with van der Waals surface area (Å²) in [6, 6.07) is 0.948. The first-order chi connectivity index (χ1) is 12.2. The van der Waals surface area contributed by atoms with Crippen molar-refractivity contribution in [2.45, 2.75) is 26.3 Å². The summed E-state index contributed by atoms with van der Waals surface area (Å²) in [5, 5.41) is 5.10. The topological polar surface area (TPSA) is 102 Å². The van der Waals surface area contributed by atoms with Gasteiger partial charge in [-0.05, 0) is 26.8 Å². The van der Waals surface area contributed by atoms with Gasteiger partial charge in [0, 0.05) is 11.6 Å². The number of urea groups is 1. The summed E-state index contributed by atoms with van der Waals surface area (Å²) in [6.45, 7) is 12.4. The highest BCUT2D eigenvalue weighted by Gasteiger charge is 2.31. The van der Waals surface area contributed by atoms with E-state index >= 15 is 0 Å². The Kier molecular flexibility index (Phi) is 7.52. The van der Waals surface area contributed by atoms with Crippen molar-refractivity contribution in [1.82, 2.24) is 15.3 Å². The molecule has 2 N–H and O–H groups in total. The summed E-state index contributed by atoms with van der Waals surface area (Å²) in [5.74, 6) is 0.0968. The number of nitrogens with zero attached hydrogens (tertiary/aromatic N) is 2. The van der Waals surface area contributed by atoms with Gasteiger partial charge in [0.15, 0.2) is 0 Å². The molecular weight excluding hydrogens is 336 g/mol. The van der Waals surface area contributed by atoms with Gasteiger partial charge in [0.05, 0.1) is 19.4 Å². The van der Waals surface area contributed by atoms with Gasteiger partial charge in [0.25, 0.3) is 0 Å².